The summed E-state index contributed by atoms with van der Waals surface area (Å²) in [5.41, 5.74) is 0.0867. The highest BCUT2D eigenvalue weighted by Crippen LogP contribution is 2.37. The fourth-order valence-electron chi connectivity index (χ4n) is 4.80. The van der Waals surface area contributed by atoms with Gasteiger partial charge in [0.25, 0.3) is 0 Å². The molecule has 0 amide bonds. The Labute approximate surface area is 159 Å². The maximum atomic E-state index is 6.23. The van der Waals surface area contributed by atoms with Gasteiger partial charge in [-0.05, 0) is 49.3 Å². The van der Waals surface area contributed by atoms with Crippen molar-refractivity contribution in [3.8, 4) is 0 Å². The standard InChI is InChI=1S/C20H27N3O2S/c1-2-4-18-17(3-1)19(21-26-18)23-10-8-22(9-11-23)16-5-12-25-20(15-16)6-13-24-14-7-20/h1-4,16H,5-15H2. The molecule has 4 heterocycles. The lowest BCUT2D eigenvalue weighted by Crippen LogP contribution is -2.56. The van der Waals surface area contributed by atoms with Crippen molar-refractivity contribution < 1.29 is 9.47 Å². The molecule has 5 rings (SSSR count). The van der Waals surface area contributed by atoms with E-state index in [-0.39, 0.29) is 5.60 Å². The summed E-state index contributed by atoms with van der Waals surface area (Å²) < 4.78 is 17.8. The van der Waals surface area contributed by atoms with Gasteiger partial charge in [0.05, 0.1) is 10.3 Å². The van der Waals surface area contributed by atoms with Crippen LogP contribution >= 0.6 is 11.5 Å². The number of hydrogen-bond acceptors (Lipinski definition) is 6. The van der Waals surface area contributed by atoms with Crippen LogP contribution in [0.2, 0.25) is 0 Å². The molecule has 1 atom stereocenters. The molecule has 26 heavy (non-hydrogen) atoms. The van der Waals surface area contributed by atoms with Gasteiger partial charge in [-0.1, -0.05) is 12.1 Å². The molecule has 1 aromatic carbocycles. The Morgan fingerprint density at radius 1 is 1.04 bits per heavy atom. The van der Waals surface area contributed by atoms with Gasteiger partial charge in [0.15, 0.2) is 0 Å². The third kappa shape index (κ3) is 3.13. The van der Waals surface area contributed by atoms with Crippen molar-refractivity contribution in [2.24, 2.45) is 0 Å². The van der Waals surface area contributed by atoms with E-state index in [4.69, 9.17) is 13.8 Å². The fraction of sp³-hybridized carbons (Fsp3) is 0.650. The molecule has 1 unspecified atom stereocenters. The van der Waals surface area contributed by atoms with Crippen LogP contribution in [0, 0.1) is 0 Å². The molecule has 3 saturated heterocycles. The van der Waals surface area contributed by atoms with E-state index < -0.39 is 0 Å². The van der Waals surface area contributed by atoms with E-state index in [1.165, 1.54) is 28.7 Å². The highest BCUT2D eigenvalue weighted by molar-refractivity contribution is 7.13. The third-order valence-corrected chi connectivity index (χ3v) is 7.18. The lowest BCUT2D eigenvalue weighted by atomic mass is 9.83. The molecule has 1 spiro atoms. The number of rotatable bonds is 2. The summed E-state index contributed by atoms with van der Waals surface area (Å²) in [4.78, 5) is 5.17. The Bertz CT molecular complexity index is 745. The first-order valence-electron chi connectivity index (χ1n) is 9.88. The van der Waals surface area contributed by atoms with Crippen molar-refractivity contribution in [1.82, 2.24) is 9.27 Å². The Balaban J connectivity index is 1.24. The molecule has 3 fully saturated rings. The van der Waals surface area contributed by atoms with Crippen molar-refractivity contribution in [1.29, 1.82) is 0 Å². The predicted molar refractivity (Wildman–Crippen MR) is 105 cm³/mol. The minimum Gasteiger partial charge on any atom is -0.381 e. The second kappa shape index (κ2) is 7.08. The molecule has 5 nitrogen and oxygen atoms in total. The van der Waals surface area contributed by atoms with Crippen LogP contribution in [-0.4, -0.2) is 66.9 Å². The number of benzene rings is 1. The van der Waals surface area contributed by atoms with Gasteiger partial charge in [0.1, 0.15) is 5.82 Å². The van der Waals surface area contributed by atoms with Crippen LogP contribution < -0.4 is 4.90 Å². The van der Waals surface area contributed by atoms with Gasteiger partial charge in [-0.25, -0.2) is 0 Å². The zero-order chi connectivity index (χ0) is 17.4. The maximum absolute atomic E-state index is 6.23. The number of aromatic nitrogens is 1. The van der Waals surface area contributed by atoms with Crippen LogP contribution in [0.3, 0.4) is 0 Å². The smallest absolute Gasteiger partial charge is 0.150 e. The predicted octanol–water partition coefficient (Wildman–Crippen LogP) is 3.15. The minimum atomic E-state index is 0.0867. The molecule has 0 saturated carbocycles. The number of hydrogen-bond donors (Lipinski definition) is 0. The van der Waals surface area contributed by atoms with E-state index in [0.717, 1.165) is 58.8 Å². The van der Waals surface area contributed by atoms with Crippen LogP contribution in [0.15, 0.2) is 24.3 Å². The first kappa shape index (κ1) is 16.9. The summed E-state index contributed by atoms with van der Waals surface area (Å²) >= 11 is 1.62. The topological polar surface area (TPSA) is 37.8 Å². The summed E-state index contributed by atoms with van der Waals surface area (Å²) in [5.74, 6) is 1.18. The number of piperazine rings is 1. The van der Waals surface area contributed by atoms with E-state index in [9.17, 15) is 0 Å². The fourth-order valence-corrected chi connectivity index (χ4v) is 5.60. The average molecular weight is 374 g/mol. The first-order chi connectivity index (χ1) is 12.8. The molecule has 140 valence electrons. The monoisotopic (exact) mass is 373 g/mol. The van der Waals surface area contributed by atoms with Crippen molar-refractivity contribution in [3.63, 3.8) is 0 Å². The summed E-state index contributed by atoms with van der Waals surface area (Å²) in [6.07, 6.45) is 4.47. The van der Waals surface area contributed by atoms with Gasteiger partial charge in [-0.3, -0.25) is 4.90 Å². The lowest BCUT2D eigenvalue weighted by Gasteiger charge is -2.48. The van der Waals surface area contributed by atoms with Gasteiger partial charge < -0.3 is 14.4 Å². The second-order valence-corrected chi connectivity index (χ2v) is 8.62. The average Bonchev–Trinajstić information content (AvgIpc) is 3.13. The molecular formula is C20H27N3O2S. The summed E-state index contributed by atoms with van der Waals surface area (Å²) in [6, 6.07) is 9.25. The largest absolute Gasteiger partial charge is 0.381 e. The zero-order valence-electron chi connectivity index (χ0n) is 15.2. The number of nitrogens with zero attached hydrogens (tertiary/aromatic N) is 3. The number of fused-ring (bicyclic) bond motifs is 1. The Hall–Kier alpha value is -1.21. The van der Waals surface area contributed by atoms with Crippen molar-refractivity contribution >= 4 is 27.4 Å². The van der Waals surface area contributed by atoms with Gasteiger partial charge in [0.2, 0.25) is 0 Å². The molecule has 0 N–H and O–H groups in total. The van der Waals surface area contributed by atoms with Crippen LogP contribution in [0.5, 0.6) is 0 Å². The van der Waals surface area contributed by atoms with E-state index in [1.54, 1.807) is 11.5 Å². The van der Waals surface area contributed by atoms with Crippen molar-refractivity contribution in [2.75, 3.05) is 50.9 Å². The van der Waals surface area contributed by atoms with Gasteiger partial charge >= 0.3 is 0 Å². The first-order valence-corrected chi connectivity index (χ1v) is 10.7. The van der Waals surface area contributed by atoms with Gasteiger partial charge in [-0.15, -0.1) is 0 Å². The van der Waals surface area contributed by atoms with E-state index in [0.29, 0.717) is 6.04 Å². The summed E-state index contributed by atoms with van der Waals surface area (Å²) in [6.45, 7) is 7.02. The van der Waals surface area contributed by atoms with Gasteiger partial charge in [-0.2, -0.15) is 4.37 Å². The molecule has 3 aliphatic heterocycles. The summed E-state index contributed by atoms with van der Waals surface area (Å²) in [7, 11) is 0. The van der Waals surface area contributed by atoms with Crippen LogP contribution in [0.25, 0.3) is 10.1 Å². The van der Waals surface area contributed by atoms with E-state index >= 15 is 0 Å². The van der Waals surface area contributed by atoms with Crippen molar-refractivity contribution in [2.45, 2.75) is 37.3 Å². The molecule has 3 aliphatic rings. The molecule has 0 radical (unpaired) electrons. The Morgan fingerprint density at radius 3 is 2.69 bits per heavy atom. The Kier molecular flexibility index (Phi) is 4.61. The molecule has 6 heteroatoms. The number of ether oxygens (including phenoxy) is 2. The molecule has 0 bridgehead atoms. The second-order valence-electron chi connectivity index (χ2n) is 7.82. The van der Waals surface area contributed by atoms with Crippen LogP contribution in [-0.2, 0) is 9.47 Å². The van der Waals surface area contributed by atoms with Crippen LogP contribution in [0.4, 0.5) is 5.82 Å². The third-order valence-electron chi connectivity index (χ3n) is 6.36. The van der Waals surface area contributed by atoms with Gasteiger partial charge in [0, 0.05) is 57.4 Å². The quantitative estimate of drug-likeness (QED) is 0.808. The highest BCUT2D eigenvalue weighted by atomic mass is 32.1. The molecule has 2 aromatic rings. The molecule has 1 aromatic heterocycles. The van der Waals surface area contributed by atoms with E-state index in [1.807, 2.05) is 0 Å². The maximum Gasteiger partial charge on any atom is 0.150 e. The normalized spacial score (nSPS) is 27.2. The molecule has 0 aliphatic carbocycles. The lowest BCUT2D eigenvalue weighted by molar-refractivity contribution is -0.151. The highest BCUT2D eigenvalue weighted by Gasteiger charge is 2.41. The SMILES string of the molecule is c1ccc2c(N3CCN(C4CCOC5(CCOCC5)C4)CC3)nsc2c1. The number of anilines is 1. The zero-order valence-corrected chi connectivity index (χ0v) is 16.0. The van der Waals surface area contributed by atoms with Crippen LogP contribution in [0.1, 0.15) is 25.7 Å². The van der Waals surface area contributed by atoms with Crippen molar-refractivity contribution in [3.05, 3.63) is 24.3 Å². The summed E-state index contributed by atoms with van der Waals surface area (Å²) in [5, 5.41) is 1.30. The Morgan fingerprint density at radius 2 is 1.85 bits per heavy atom. The molecular weight excluding hydrogens is 346 g/mol. The minimum absolute atomic E-state index is 0.0867. The van der Waals surface area contributed by atoms with E-state index in [2.05, 4.69) is 34.1 Å².